The van der Waals surface area contributed by atoms with Gasteiger partial charge in [0.05, 0.1) is 0 Å². The third-order valence-electron chi connectivity index (χ3n) is 1.67. The summed E-state index contributed by atoms with van der Waals surface area (Å²) in [6.07, 6.45) is 4.91. The minimum Gasteiger partial charge on any atom is -0.353 e. The van der Waals surface area contributed by atoms with Crippen LogP contribution in [0.15, 0.2) is 0 Å². The zero-order valence-corrected chi connectivity index (χ0v) is 7.74. The highest BCUT2D eigenvalue weighted by atomic mass is 19.1. The van der Waals surface area contributed by atoms with E-state index in [0.717, 1.165) is 12.8 Å². The van der Waals surface area contributed by atoms with Gasteiger partial charge in [0.25, 0.3) is 0 Å². The second kappa shape index (κ2) is 8.50. The molecular weight excluding hydrogens is 157 g/mol. The predicted octanol–water partition coefficient (Wildman–Crippen LogP) is 2.04. The van der Waals surface area contributed by atoms with Gasteiger partial charge in [0, 0.05) is 13.0 Å². The van der Waals surface area contributed by atoms with E-state index in [2.05, 4.69) is 12.2 Å². The highest BCUT2D eigenvalue weighted by molar-refractivity contribution is 5.75. The summed E-state index contributed by atoms with van der Waals surface area (Å²) >= 11 is 0. The van der Waals surface area contributed by atoms with Gasteiger partial charge < -0.3 is 5.32 Å². The molecule has 72 valence electrons. The number of alkyl halides is 1. The first-order valence-corrected chi connectivity index (χ1v) is 4.64. The average molecular weight is 175 g/mol. The minimum atomic E-state index is -0.472. The summed E-state index contributed by atoms with van der Waals surface area (Å²) in [5.74, 6) is -0.0243. The number of hydrogen-bond donors (Lipinski definition) is 1. The second-order valence-corrected chi connectivity index (χ2v) is 2.85. The van der Waals surface area contributed by atoms with E-state index in [1.54, 1.807) is 0 Å². The lowest BCUT2D eigenvalue weighted by Gasteiger charge is -2.01. The summed E-state index contributed by atoms with van der Waals surface area (Å²) in [6.45, 7) is 1.82. The molecule has 0 rings (SSSR count). The summed E-state index contributed by atoms with van der Waals surface area (Å²) in [6, 6.07) is 0. The molecule has 0 fully saturated rings. The molecule has 0 radical (unpaired) electrons. The number of unbranched alkanes of at least 4 members (excludes halogenated alkanes) is 3. The Morgan fingerprint density at radius 3 is 2.67 bits per heavy atom. The van der Waals surface area contributed by atoms with Crippen molar-refractivity contribution in [2.75, 3.05) is 13.2 Å². The number of amides is 1. The largest absolute Gasteiger partial charge is 0.353 e. The normalized spacial score (nSPS) is 9.83. The molecule has 3 heteroatoms. The van der Waals surface area contributed by atoms with Crippen molar-refractivity contribution in [1.82, 2.24) is 5.32 Å². The van der Waals surface area contributed by atoms with Gasteiger partial charge in [-0.1, -0.05) is 26.2 Å². The minimum absolute atomic E-state index is 0.0243. The van der Waals surface area contributed by atoms with Gasteiger partial charge in [-0.2, -0.15) is 0 Å². The van der Waals surface area contributed by atoms with Gasteiger partial charge in [0.1, 0.15) is 6.67 Å². The third-order valence-corrected chi connectivity index (χ3v) is 1.67. The lowest BCUT2D eigenvalue weighted by Crippen LogP contribution is -2.24. The van der Waals surface area contributed by atoms with Gasteiger partial charge in [0.15, 0.2) is 0 Å². The van der Waals surface area contributed by atoms with Crippen LogP contribution in [0.5, 0.6) is 0 Å². The van der Waals surface area contributed by atoms with Crippen molar-refractivity contribution in [1.29, 1.82) is 0 Å². The zero-order chi connectivity index (χ0) is 9.23. The molecule has 0 saturated heterocycles. The van der Waals surface area contributed by atoms with Crippen LogP contribution in [0.25, 0.3) is 0 Å². The van der Waals surface area contributed by atoms with Crippen molar-refractivity contribution in [3.8, 4) is 0 Å². The molecular formula is C9H18FNO. The Morgan fingerprint density at radius 2 is 2.08 bits per heavy atom. The Kier molecular flexibility index (Phi) is 8.07. The molecule has 0 unspecified atom stereocenters. The van der Waals surface area contributed by atoms with Gasteiger partial charge in [-0.3, -0.25) is 4.79 Å². The van der Waals surface area contributed by atoms with Gasteiger partial charge in [-0.05, 0) is 6.42 Å². The van der Waals surface area contributed by atoms with E-state index in [0.29, 0.717) is 6.42 Å². The van der Waals surface area contributed by atoms with Crippen molar-refractivity contribution in [3.63, 3.8) is 0 Å². The number of hydrogen-bond acceptors (Lipinski definition) is 1. The Morgan fingerprint density at radius 1 is 1.33 bits per heavy atom. The van der Waals surface area contributed by atoms with E-state index in [1.165, 1.54) is 12.8 Å². The van der Waals surface area contributed by atoms with Crippen LogP contribution in [-0.4, -0.2) is 19.1 Å². The van der Waals surface area contributed by atoms with Gasteiger partial charge in [-0.15, -0.1) is 0 Å². The molecule has 0 bridgehead atoms. The number of carbonyl (C=O) groups is 1. The molecule has 0 heterocycles. The first-order valence-electron chi connectivity index (χ1n) is 4.64. The van der Waals surface area contributed by atoms with E-state index in [1.807, 2.05) is 0 Å². The lowest BCUT2D eigenvalue weighted by molar-refractivity contribution is -0.121. The average Bonchev–Trinajstić information content (AvgIpc) is 2.09. The number of rotatable bonds is 7. The molecule has 0 aliphatic carbocycles. The first kappa shape index (κ1) is 11.4. The smallest absolute Gasteiger partial charge is 0.220 e. The molecule has 2 nitrogen and oxygen atoms in total. The fourth-order valence-corrected chi connectivity index (χ4v) is 0.987. The lowest BCUT2D eigenvalue weighted by atomic mass is 10.1. The van der Waals surface area contributed by atoms with Crippen molar-refractivity contribution >= 4 is 5.91 Å². The maximum absolute atomic E-state index is 11.6. The Hall–Kier alpha value is -0.600. The standard InChI is InChI=1S/C9H18FNO/c1-2-3-4-5-6-9(12)11-8-7-10/h2-8H2,1H3,(H,11,12). The Bertz CT molecular complexity index is 117. The highest BCUT2D eigenvalue weighted by Crippen LogP contribution is 2.01. The third kappa shape index (κ3) is 7.51. The van der Waals surface area contributed by atoms with Crippen molar-refractivity contribution < 1.29 is 9.18 Å². The molecule has 1 amide bonds. The Labute approximate surface area is 73.5 Å². The quantitative estimate of drug-likeness (QED) is 0.589. The van der Waals surface area contributed by atoms with E-state index in [4.69, 9.17) is 0 Å². The number of halogens is 1. The van der Waals surface area contributed by atoms with Crippen LogP contribution in [0.1, 0.15) is 39.0 Å². The predicted molar refractivity (Wildman–Crippen MR) is 47.7 cm³/mol. The molecule has 0 aromatic carbocycles. The molecule has 0 aliphatic rings. The topological polar surface area (TPSA) is 29.1 Å². The van der Waals surface area contributed by atoms with Crippen LogP contribution >= 0.6 is 0 Å². The monoisotopic (exact) mass is 175 g/mol. The van der Waals surface area contributed by atoms with Crippen LogP contribution in [0.4, 0.5) is 4.39 Å². The summed E-state index contributed by atoms with van der Waals surface area (Å²) in [5.41, 5.74) is 0. The molecule has 0 spiro atoms. The van der Waals surface area contributed by atoms with Crippen molar-refractivity contribution in [2.45, 2.75) is 39.0 Å². The van der Waals surface area contributed by atoms with Crippen LogP contribution in [0.2, 0.25) is 0 Å². The Balaban J connectivity index is 3.08. The second-order valence-electron chi connectivity index (χ2n) is 2.85. The molecule has 0 atom stereocenters. The van der Waals surface area contributed by atoms with Crippen molar-refractivity contribution in [2.24, 2.45) is 0 Å². The van der Waals surface area contributed by atoms with Crippen LogP contribution in [-0.2, 0) is 4.79 Å². The number of nitrogens with one attached hydrogen (secondary N) is 1. The summed E-state index contributed by atoms with van der Waals surface area (Å²) in [7, 11) is 0. The number of carbonyl (C=O) groups excluding carboxylic acids is 1. The van der Waals surface area contributed by atoms with Crippen molar-refractivity contribution in [3.05, 3.63) is 0 Å². The molecule has 0 saturated carbocycles. The molecule has 0 aliphatic heterocycles. The summed E-state index contributed by atoms with van der Waals surface area (Å²) < 4.78 is 11.6. The molecule has 0 aromatic heterocycles. The fourth-order valence-electron chi connectivity index (χ4n) is 0.987. The van der Waals surface area contributed by atoms with E-state index in [-0.39, 0.29) is 12.5 Å². The summed E-state index contributed by atoms with van der Waals surface area (Å²) in [5, 5.41) is 2.50. The molecule has 1 N–H and O–H groups in total. The van der Waals surface area contributed by atoms with E-state index in [9.17, 15) is 9.18 Å². The molecule has 12 heavy (non-hydrogen) atoms. The van der Waals surface area contributed by atoms with E-state index < -0.39 is 6.67 Å². The molecule has 0 aromatic rings. The first-order chi connectivity index (χ1) is 5.81. The van der Waals surface area contributed by atoms with Crippen LogP contribution in [0.3, 0.4) is 0 Å². The van der Waals surface area contributed by atoms with Gasteiger partial charge >= 0.3 is 0 Å². The van der Waals surface area contributed by atoms with Gasteiger partial charge in [0.2, 0.25) is 5.91 Å². The maximum atomic E-state index is 11.6. The van der Waals surface area contributed by atoms with Gasteiger partial charge in [-0.25, -0.2) is 4.39 Å². The zero-order valence-electron chi connectivity index (χ0n) is 7.74. The highest BCUT2D eigenvalue weighted by Gasteiger charge is 1.98. The fraction of sp³-hybridized carbons (Fsp3) is 0.889. The van der Waals surface area contributed by atoms with E-state index >= 15 is 0 Å². The van der Waals surface area contributed by atoms with Crippen LogP contribution in [0, 0.1) is 0 Å². The summed E-state index contributed by atoms with van der Waals surface area (Å²) in [4.78, 5) is 10.9. The van der Waals surface area contributed by atoms with Crippen LogP contribution < -0.4 is 5.32 Å². The SMILES string of the molecule is CCCCCCC(=O)NCCF. The maximum Gasteiger partial charge on any atom is 0.220 e.